The van der Waals surface area contributed by atoms with E-state index in [2.05, 4.69) is 39.1 Å². The Kier molecular flexibility index (Phi) is 3.69. The van der Waals surface area contributed by atoms with E-state index in [1.807, 2.05) is 23.4 Å². The summed E-state index contributed by atoms with van der Waals surface area (Å²) in [4.78, 5) is 6.05. The van der Waals surface area contributed by atoms with Crippen LogP contribution in [0, 0.1) is 0 Å². The van der Waals surface area contributed by atoms with Crippen molar-refractivity contribution in [3.63, 3.8) is 0 Å². The highest BCUT2D eigenvalue weighted by atomic mass is 79.9. The van der Waals surface area contributed by atoms with E-state index in [0.29, 0.717) is 6.54 Å². The fourth-order valence-corrected chi connectivity index (χ4v) is 3.94. The van der Waals surface area contributed by atoms with E-state index in [1.165, 1.54) is 34.6 Å². The van der Waals surface area contributed by atoms with Crippen molar-refractivity contribution in [3.8, 4) is 11.3 Å². The van der Waals surface area contributed by atoms with Crippen LogP contribution in [-0.2, 0) is 20.0 Å². The number of thioether (sulfide) groups is 1. The molecule has 1 aromatic heterocycles. The predicted octanol–water partition coefficient (Wildman–Crippen LogP) is 3.35. The third kappa shape index (κ3) is 2.35. The first-order valence-corrected chi connectivity index (χ1v) is 8.16. The summed E-state index contributed by atoms with van der Waals surface area (Å²) in [6.45, 7) is 0.454. The van der Waals surface area contributed by atoms with Crippen LogP contribution in [0.3, 0.4) is 0 Å². The van der Waals surface area contributed by atoms with E-state index in [4.69, 9.17) is 5.73 Å². The number of halogens is 1. The molecule has 2 aromatic rings. The molecule has 0 saturated heterocycles. The van der Waals surface area contributed by atoms with Crippen molar-refractivity contribution < 1.29 is 0 Å². The van der Waals surface area contributed by atoms with Gasteiger partial charge < -0.3 is 10.3 Å². The first kappa shape index (κ1) is 13.2. The zero-order valence-electron chi connectivity index (χ0n) is 10.8. The monoisotopic (exact) mass is 337 g/mol. The van der Waals surface area contributed by atoms with Crippen LogP contribution in [0.2, 0.25) is 0 Å². The molecule has 1 aliphatic heterocycles. The molecule has 0 bridgehead atoms. The maximum atomic E-state index is 5.71. The SMILES string of the molecule is Cn1c(CN)nc(-c2ccc3c(c2)CCCS3)c1Br. The number of hydrogen-bond acceptors (Lipinski definition) is 3. The van der Waals surface area contributed by atoms with Crippen LogP contribution in [0.25, 0.3) is 11.3 Å². The lowest BCUT2D eigenvalue weighted by Crippen LogP contribution is -2.04. The third-order valence-corrected chi connectivity index (χ3v) is 5.59. The number of nitrogens with zero attached hydrogens (tertiary/aromatic N) is 2. The minimum atomic E-state index is 0.454. The zero-order chi connectivity index (χ0) is 13.4. The van der Waals surface area contributed by atoms with Crippen LogP contribution in [0.15, 0.2) is 27.7 Å². The number of aryl methyl sites for hydroxylation is 1. The van der Waals surface area contributed by atoms with Gasteiger partial charge in [-0.05, 0) is 52.2 Å². The van der Waals surface area contributed by atoms with Crippen molar-refractivity contribution >= 4 is 27.7 Å². The van der Waals surface area contributed by atoms with Crippen LogP contribution in [0.4, 0.5) is 0 Å². The standard InChI is InChI=1S/C14H16BrN3S/c1-18-12(8-16)17-13(14(18)15)10-4-5-11-9(7-10)3-2-6-19-11/h4-5,7H,2-3,6,8,16H2,1H3. The maximum absolute atomic E-state index is 5.71. The minimum absolute atomic E-state index is 0.454. The number of aromatic nitrogens is 2. The van der Waals surface area contributed by atoms with Gasteiger partial charge in [-0.15, -0.1) is 11.8 Å². The molecule has 2 heterocycles. The van der Waals surface area contributed by atoms with E-state index in [0.717, 1.165) is 16.1 Å². The first-order chi connectivity index (χ1) is 9.20. The Hall–Kier alpha value is -0.780. The lowest BCUT2D eigenvalue weighted by atomic mass is 10.0. The lowest BCUT2D eigenvalue weighted by Gasteiger charge is -2.15. The molecule has 0 radical (unpaired) electrons. The highest BCUT2D eigenvalue weighted by molar-refractivity contribution is 9.10. The molecule has 0 atom stereocenters. The Balaban J connectivity index is 2.07. The summed E-state index contributed by atoms with van der Waals surface area (Å²) in [5.74, 6) is 2.13. The van der Waals surface area contributed by atoms with Crippen molar-refractivity contribution in [2.24, 2.45) is 12.8 Å². The van der Waals surface area contributed by atoms with Crippen molar-refractivity contribution in [2.75, 3.05) is 5.75 Å². The summed E-state index contributed by atoms with van der Waals surface area (Å²) < 4.78 is 3.00. The normalized spacial score (nSPS) is 14.5. The van der Waals surface area contributed by atoms with E-state index < -0.39 is 0 Å². The van der Waals surface area contributed by atoms with Crippen molar-refractivity contribution in [1.82, 2.24) is 9.55 Å². The van der Waals surface area contributed by atoms with Gasteiger partial charge in [0, 0.05) is 17.5 Å². The van der Waals surface area contributed by atoms with Gasteiger partial charge in [0.05, 0.1) is 6.54 Å². The molecule has 1 aromatic carbocycles. The van der Waals surface area contributed by atoms with E-state index in [1.54, 1.807) is 0 Å². The molecule has 3 nitrogen and oxygen atoms in total. The summed E-state index contributed by atoms with van der Waals surface area (Å²) >= 11 is 5.57. The van der Waals surface area contributed by atoms with Gasteiger partial charge in [-0.2, -0.15) is 0 Å². The average Bonchev–Trinajstić information content (AvgIpc) is 2.74. The van der Waals surface area contributed by atoms with Crippen LogP contribution < -0.4 is 5.73 Å². The Labute approximate surface area is 125 Å². The second-order valence-corrected chi connectivity index (χ2v) is 6.59. The van der Waals surface area contributed by atoms with Gasteiger partial charge in [0.1, 0.15) is 16.1 Å². The molecule has 0 amide bonds. The molecule has 0 unspecified atom stereocenters. The quantitative estimate of drug-likeness (QED) is 0.913. The predicted molar refractivity (Wildman–Crippen MR) is 83.3 cm³/mol. The van der Waals surface area contributed by atoms with E-state index in [9.17, 15) is 0 Å². The van der Waals surface area contributed by atoms with Crippen LogP contribution in [0.1, 0.15) is 17.8 Å². The Morgan fingerprint density at radius 3 is 3.05 bits per heavy atom. The topological polar surface area (TPSA) is 43.8 Å². The van der Waals surface area contributed by atoms with E-state index in [-0.39, 0.29) is 0 Å². The summed E-state index contributed by atoms with van der Waals surface area (Å²) in [6.07, 6.45) is 2.43. The molecule has 2 N–H and O–H groups in total. The second kappa shape index (κ2) is 5.31. The fraction of sp³-hybridized carbons (Fsp3) is 0.357. The molecule has 0 spiro atoms. The summed E-state index contributed by atoms with van der Waals surface area (Å²) in [6, 6.07) is 6.65. The fourth-order valence-electron chi connectivity index (χ4n) is 2.40. The molecule has 0 aliphatic carbocycles. The third-order valence-electron chi connectivity index (χ3n) is 3.48. The average molecular weight is 338 g/mol. The van der Waals surface area contributed by atoms with Crippen molar-refractivity contribution in [2.45, 2.75) is 24.3 Å². The molecule has 0 saturated carbocycles. The number of rotatable bonds is 2. The van der Waals surface area contributed by atoms with Gasteiger partial charge in [0.25, 0.3) is 0 Å². The molecule has 19 heavy (non-hydrogen) atoms. The maximum Gasteiger partial charge on any atom is 0.123 e. The van der Waals surface area contributed by atoms with Gasteiger partial charge in [-0.1, -0.05) is 6.07 Å². The molecule has 3 rings (SSSR count). The van der Waals surface area contributed by atoms with Gasteiger partial charge in [-0.25, -0.2) is 4.98 Å². The Morgan fingerprint density at radius 2 is 2.32 bits per heavy atom. The van der Waals surface area contributed by atoms with Gasteiger partial charge >= 0.3 is 0 Å². The number of imidazole rings is 1. The first-order valence-electron chi connectivity index (χ1n) is 6.38. The largest absolute Gasteiger partial charge is 0.324 e. The van der Waals surface area contributed by atoms with Gasteiger partial charge in [-0.3, -0.25) is 0 Å². The summed E-state index contributed by atoms with van der Waals surface area (Å²) in [7, 11) is 1.98. The highest BCUT2D eigenvalue weighted by Crippen LogP contribution is 2.35. The van der Waals surface area contributed by atoms with Crippen molar-refractivity contribution in [1.29, 1.82) is 0 Å². The van der Waals surface area contributed by atoms with Crippen LogP contribution >= 0.6 is 27.7 Å². The Bertz CT molecular complexity index is 621. The molecule has 0 fully saturated rings. The van der Waals surface area contributed by atoms with Gasteiger partial charge in [0.15, 0.2) is 0 Å². The van der Waals surface area contributed by atoms with Crippen LogP contribution in [0.5, 0.6) is 0 Å². The molecular weight excluding hydrogens is 322 g/mol. The smallest absolute Gasteiger partial charge is 0.123 e. The number of nitrogens with two attached hydrogens (primary N) is 1. The van der Waals surface area contributed by atoms with Crippen LogP contribution in [-0.4, -0.2) is 15.3 Å². The summed E-state index contributed by atoms with van der Waals surface area (Å²) in [5.41, 5.74) is 9.32. The van der Waals surface area contributed by atoms with E-state index >= 15 is 0 Å². The second-order valence-electron chi connectivity index (χ2n) is 4.71. The van der Waals surface area contributed by atoms with Crippen molar-refractivity contribution in [3.05, 3.63) is 34.2 Å². The molecule has 5 heteroatoms. The lowest BCUT2D eigenvalue weighted by molar-refractivity contribution is 0.781. The number of benzene rings is 1. The number of hydrogen-bond donors (Lipinski definition) is 1. The summed E-state index contributed by atoms with van der Waals surface area (Å²) in [5, 5.41) is 0. The van der Waals surface area contributed by atoms with Gasteiger partial charge in [0.2, 0.25) is 0 Å². The molecule has 1 aliphatic rings. The highest BCUT2D eigenvalue weighted by Gasteiger charge is 2.16. The number of fused-ring (bicyclic) bond motifs is 1. The zero-order valence-corrected chi connectivity index (χ0v) is 13.2. The minimum Gasteiger partial charge on any atom is -0.324 e. The Morgan fingerprint density at radius 1 is 1.47 bits per heavy atom. The molecule has 100 valence electrons. The molecular formula is C14H16BrN3S.